The van der Waals surface area contributed by atoms with E-state index in [4.69, 9.17) is 4.74 Å². The molecule has 0 spiro atoms. The first-order valence-electron chi connectivity index (χ1n) is 7.66. The Morgan fingerprint density at radius 2 is 1.83 bits per heavy atom. The summed E-state index contributed by atoms with van der Waals surface area (Å²) in [6.45, 7) is 16.9. The molecule has 0 aromatic heterocycles. The molecule has 0 radical (unpaired) electrons. The standard InChI is InChI=1S/C16H33NO/c1-8-12(4)13(5)17-14-9-15(16(14,6)7)18-10-11(2)3/h11-15,17H,8-10H2,1-7H3. The van der Waals surface area contributed by atoms with E-state index in [-0.39, 0.29) is 5.41 Å². The first-order chi connectivity index (χ1) is 8.28. The van der Waals surface area contributed by atoms with Crippen molar-refractivity contribution in [2.45, 2.75) is 79.5 Å². The molecule has 1 aliphatic rings. The lowest BCUT2D eigenvalue weighted by Gasteiger charge is -2.53. The minimum atomic E-state index is 0.274. The number of hydrogen-bond donors (Lipinski definition) is 1. The minimum Gasteiger partial charge on any atom is -0.377 e. The van der Waals surface area contributed by atoms with Crippen molar-refractivity contribution >= 4 is 0 Å². The molecule has 0 aromatic carbocycles. The molecule has 0 amide bonds. The van der Waals surface area contributed by atoms with Crippen LogP contribution >= 0.6 is 0 Å². The van der Waals surface area contributed by atoms with Crippen LogP contribution in [0.2, 0.25) is 0 Å². The fourth-order valence-electron chi connectivity index (χ4n) is 2.59. The highest BCUT2D eigenvalue weighted by Gasteiger charge is 2.49. The summed E-state index contributed by atoms with van der Waals surface area (Å²) in [4.78, 5) is 0. The first kappa shape index (κ1) is 16.0. The van der Waals surface area contributed by atoms with E-state index >= 15 is 0 Å². The lowest BCUT2D eigenvalue weighted by molar-refractivity contribution is -0.126. The minimum absolute atomic E-state index is 0.274. The van der Waals surface area contributed by atoms with Crippen molar-refractivity contribution in [1.29, 1.82) is 0 Å². The third-order valence-corrected chi connectivity index (χ3v) is 4.77. The van der Waals surface area contributed by atoms with E-state index in [0.717, 1.165) is 12.5 Å². The largest absolute Gasteiger partial charge is 0.377 e. The zero-order chi connectivity index (χ0) is 13.9. The Hall–Kier alpha value is -0.0800. The molecule has 0 aliphatic heterocycles. The Labute approximate surface area is 114 Å². The summed E-state index contributed by atoms with van der Waals surface area (Å²) >= 11 is 0. The lowest BCUT2D eigenvalue weighted by atomic mass is 9.64. The van der Waals surface area contributed by atoms with Gasteiger partial charge in [0.15, 0.2) is 0 Å². The molecule has 1 rings (SSSR count). The van der Waals surface area contributed by atoms with Crippen LogP contribution < -0.4 is 5.32 Å². The quantitative estimate of drug-likeness (QED) is 0.746. The van der Waals surface area contributed by atoms with Crippen molar-refractivity contribution in [2.75, 3.05) is 6.61 Å². The van der Waals surface area contributed by atoms with E-state index in [2.05, 4.69) is 53.8 Å². The second kappa shape index (κ2) is 6.38. The van der Waals surface area contributed by atoms with E-state index in [1.54, 1.807) is 0 Å². The van der Waals surface area contributed by atoms with Gasteiger partial charge in [0.2, 0.25) is 0 Å². The van der Waals surface area contributed by atoms with E-state index in [9.17, 15) is 0 Å². The molecule has 1 N–H and O–H groups in total. The van der Waals surface area contributed by atoms with Crippen LogP contribution in [-0.2, 0) is 4.74 Å². The predicted octanol–water partition coefficient (Wildman–Crippen LogP) is 3.85. The molecule has 1 saturated carbocycles. The zero-order valence-electron chi connectivity index (χ0n) is 13.4. The van der Waals surface area contributed by atoms with E-state index in [1.807, 2.05) is 0 Å². The van der Waals surface area contributed by atoms with Gasteiger partial charge in [0.05, 0.1) is 6.10 Å². The van der Waals surface area contributed by atoms with Gasteiger partial charge in [0.1, 0.15) is 0 Å². The van der Waals surface area contributed by atoms with E-state index in [1.165, 1.54) is 12.8 Å². The van der Waals surface area contributed by atoms with Crippen LogP contribution in [-0.4, -0.2) is 24.8 Å². The number of hydrogen-bond acceptors (Lipinski definition) is 2. The highest BCUT2D eigenvalue weighted by Crippen LogP contribution is 2.43. The Kier molecular flexibility index (Phi) is 5.67. The van der Waals surface area contributed by atoms with Crippen LogP contribution in [0.1, 0.15) is 61.3 Å². The maximum absolute atomic E-state index is 6.01. The van der Waals surface area contributed by atoms with Crippen molar-refractivity contribution in [3.63, 3.8) is 0 Å². The van der Waals surface area contributed by atoms with Gasteiger partial charge in [-0.05, 0) is 25.2 Å². The highest BCUT2D eigenvalue weighted by atomic mass is 16.5. The fourth-order valence-corrected chi connectivity index (χ4v) is 2.59. The van der Waals surface area contributed by atoms with Gasteiger partial charge in [0, 0.05) is 24.1 Å². The maximum atomic E-state index is 6.01. The van der Waals surface area contributed by atoms with Crippen molar-refractivity contribution in [3.05, 3.63) is 0 Å². The first-order valence-corrected chi connectivity index (χ1v) is 7.66. The van der Waals surface area contributed by atoms with Crippen LogP contribution in [0.4, 0.5) is 0 Å². The summed E-state index contributed by atoms with van der Waals surface area (Å²) < 4.78 is 6.01. The van der Waals surface area contributed by atoms with Gasteiger partial charge in [-0.1, -0.05) is 48.0 Å². The summed E-state index contributed by atoms with van der Waals surface area (Å²) in [7, 11) is 0. The number of nitrogens with one attached hydrogen (secondary N) is 1. The van der Waals surface area contributed by atoms with E-state index < -0.39 is 0 Å². The van der Waals surface area contributed by atoms with Gasteiger partial charge in [-0.3, -0.25) is 0 Å². The molecule has 0 saturated heterocycles. The summed E-state index contributed by atoms with van der Waals surface area (Å²) in [6.07, 6.45) is 2.84. The normalized spacial score (nSPS) is 30.0. The smallest absolute Gasteiger partial charge is 0.0656 e. The molecule has 4 unspecified atom stereocenters. The Morgan fingerprint density at radius 1 is 1.22 bits per heavy atom. The third-order valence-electron chi connectivity index (χ3n) is 4.77. The summed E-state index contributed by atoms with van der Waals surface area (Å²) in [5, 5.41) is 3.79. The third kappa shape index (κ3) is 3.71. The van der Waals surface area contributed by atoms with E-state index in [0.29, 0.717) is 24.1 Å². The number of ether oxygens (including phenoxy) is 1. The molecule has 1 aliphatic carbocycles. The molecule has 0 bridgehead atoms. The van der Waals surface area contributed by atoms with Gasteiger partial charge in [-0.25, -0.2) is 0 Å². The van der Waals surface area contributed by atoms with Crippen molar-refractivity contribution in [3.8, 4) is 0 Å². The predicted molar refractivity (Wildman–Crippen MR) is 78.8 cm³/mol. The second-order valence-corrected chi connectivity index (χ2v) is 7.17. The monoisotopic (exact) mass is 255 g/mol. The van der Waals surface area contributed by atoms with Crippen LogP contribution in [0.3, 0.4) is 0 Å². The molecule has 0 aromatic rings. The summed E-state index contributed by atoms with van der Waals surface area (Å²) in [5.41, 5.74) is 0.274. The van der Waals surface area contributed by atoms with Crippen LogP contribution in [0.15, 0.2) is 0 Å². The molecule has 108 valence electrons. The Bertz CT molecular complexity index is 249. The summed E-state index contributed by atoms with van der Waals surface area (Å²) in [5.74, 6) is 1.38. The van der Waals surface area contributed by atoms with Gasteiger partial charge >= 0.3 is 0 Å². The van der Waals surface area contributed by atoms with Crippen LogP contribution in [0.5, 0.6) is 0 Å². The molecular weight excluding hydrogens is 222 g/mol. The SMILES string of the molecule is CCC(C)C(C)NC1CC(OCC(C)C)C1(C)C. The number of rotatable bonds is 7. The van der Waals surface area contributed by atoms with Gasteiger partial charge < -0.3 is 10.1 Å². The molecule has 1 fully saturated rings. The molecule has 18 heavy (non-hydrogen) atoms. The molecule has 2 heteroatoms. The molecule has 2 nitrogen and oxygen atoms in total. The van der Waals surface area contributed by atoms with Gasteiger partial charge in [0.25, 0.3) is 0 Å². The lowest BCUT2D eigenvalue weighted by Crippen LogP contribution is -2.63. The molecular formula is C16H33NO. The summed E-state index contributed by atoms with van der Waals surface area (Å²) in [6, 6.07) is 1.21. The molecule has 4 atom stereocenters. The second-order valence-electron chi connectivity index (χ2n) is 7.17. The topological polar surface area (TPSA) is 21.3 Å². The van der Waals surface area contributed by atoms with Crippen molar-refractivity contribution in [2.24, 2.45) is 17.3 Å². The fraction of sp³-hybridized carbons (Fsp3) is 1.00. The molecule has 0 heterocycles. The van der Waals surface area contributed by atoms with Gasteiger partial charge in [-0.2, -0.15) is 0 Å². The van der Waals surface area contributed by atoms with Crippen molar-refractivity contribution in [1.82, 2.24) is 5.32 Å². The average Bonchev–Trinajstić information content (AvgIpc) is 2.30. The Morgan fingerprint density at radius 3 is 2.28 bits per heavy atom. The average molecular weight is 255 g/mol. The van der Waals surface area contributed by atoms with Crippen molar-refractivity contribution < 1.29 is 4.74 Å². The van der Waals surface area contributed by atoms with Crippen LogP contribution in [0.25, 0.3) is 0 Å². The van der Waals surface area contributed by atoms with Crippen LogP contribution in [0, 0.1) is 17.3 Å². The maximum Gasteiger partial charge on any atom is 0.0656 e. The highest BCUT2D eigenvalue weighted by molar-refractivity contribution is 5.03. The Balaban J connectivity index is 2.39. The zero-order valence-corrected chi connectivity index (χ0v) is 13.4. The van der Waals surface area contributed by atoms with Gasteiger partial charge in [-0.15, -0.1) is 0 Å².